The predicted molar refractivity (Wildman–Crippen MR) is 109 cm³/mol. The Morgan fingerprint density at radius 2 is 2.21 bits per heavy atom. The van der Waals surface area contributed by atoms with Crippen LogP contribution in [0.1, 0.15) is 42.1 Å². The summed E-state index contributed by atoms with van der Waals surface area (Å²) in [7, 11) is 1.65. The van der Waals surface area contributed by atoms with Crippen LogP contribution in [-0.2, 0) is 24.1 Å². The highest BCUT2D eigenvalue weighted by Gasteiger charge is 2.30. The van der Waals surface area contributed by atoms with E-state index in [0.717, 1.165) is 65.6 Å². The van der Waals surface area contributed by atoms with E-state index >= 15 is 0 Å². The van der Waals surface area contributed by atoms with E-state index in [1.165, 1.54) is 0 Å². The van der Waals surface area contributed by atoms with Crippen LogP contribution in [0.15, 0.2) is 34.2 Å². The largest absolute Gasteiger partial charge is 0.497 e. The molecular formula is C21H25N3O3S. The van der Waals surface area contributed by atoms with E-state index in [4.69, 9.17) is 9.72 Å². The number of aromatic nitrogens is 2. The number of carbonyl (C=O) groups excluding carboxylic acids is 1. The molecule has 7 heteroatoms. The maximum atomic E-state index is 12.9. The Kier molecular flexibility index (Phi) is 5.71. The van der Waals surface area contributed by atoms with Crippen LogP contribution in [-0.4, -0.2) is 34.9 Å². The number of nitrogens with one attached hydrogen (secondary N) is 1. The number of fused-ring (bicyclic) bond motifs is 2. The van der Waals surface area contributed by atoms with Crippen LogP contribution in [0.25, 0.3) is 0 Å². The van der Waals surface area contributed by atoms with Gasteiger partial charge in [0, 0.05) is 24.3 Å². The van der Waals surface area contributed by atoms with Crippen molar-refractivity contribution in [1.82, 2.24) is 14.9 Å². The summed E-state index contributed by atoms with van der Waals surface area (Å²) in [6.45, 7) is 0.566. The second-order valence-corrected chi connectivity index (χ2v) is 8.31. The van der Waals surface area contributed by atoms with E-state index in [0.29, 0.717) is 13.0 Å². The molecule has 1 atom stereocenters. The topological polar surface area (TPSA) is 73.2 Å². The first-order chi connectivity index (χ1) is 13.7. The number of ether oxygens (including phenoxy) is 1. The average Bonchev–Trinajstić information content (AvgIpc) is 3.11. The molecule has 0 fully saturated rings. The zero-order valence-electron chi connectivity index (χ0n) is 16.1. The van der Waals surface area contributed by atoms with E-state index in [1.54, 1.807) is 23.4 Å². The zero-order valence-corrected chi connectivity index (χ0v) is 16.9. The summed E-state index contributed by atoms with van der Waals surface area (Å²) in [5, 5.41) is 3.76. The van der Waals surface area contributed by atoms with Gasteiger partial charge in [0.25, 0.3) is 5.56 Å². The third-order valence-corrected chi connectivity index (χ3v) is 6.51. The third kappa shape index (κ3) is 3.94. The number of nitrogens with zero attached hydrogens (tertiary/aromatic N) is 2. The minimum absolute atomic E-state index is 0.0223. The van der Waals surface area contributed by atoms with E-state index in [1.807, 2.05) is 24.3 Å². The molecule has 0 bridgehead atoms. The lowest BCUT2D eigenvalue weighted by atomic mass is 9.97. The lowest BCUT2D eigenvalue weighted by molar-refractivity contribution is -0.121. The molecule has 0 spiro atoms. The first kappa shape index (κ1) is 19.1. The standard InChI is InChI=1S/C21H25N3O3S/c1-27-16-6-4-5-14(11-16)9-10-22-19(25)12-15-13-28-21-23-18-8-3-2-7-17(18)20(26)24(15)21/h4-6,11,15H,2-3,7-10,12-13H2,1H3,(H,22,25)/t15-/m0/s1. The fourth-order valence-electron chi connectivity index (χ4n) is 3.92. The van der Waals surface area contributed by atoms with Crippen molar-refractivity contribution in [1.29, 1.82) is 0 Å². The van der Waals surface area contributed by atoms with Crippen molar-refractivity contribution in [3.8, 4) is 5.75 Å². The fourth-order valence-corrected chi connectivity index (χ4v) is 5.08. The predicted octanol–water partition coefficient (Wildman–Crippen LogP) is 2.53. The highest BCUT2D eigenvalue weighted by Crippen LogP contribution is 2.33. The van der Waals surface area contributed by atoms with E-state index in [9.17, 15) is 9.59 Å². The SMILES string of the molecule is COc1cccc(CCNC(=O)C[C@H]2CSc3nc4c(c(=O)n32)CCCC4)c1. The molecule has 1 aromatic heterocycles. The van der Waals surface area contributed by atoms with Gasteiger partial charge in [0.1, 0.15) is 5.75 Å². The van der Waals surface area contributed by atoms with Crippen LogP contribution in [0, 0.1) is 0 Å². The molecule has 28 heavy (non-hydrogen) atoms. The molecule has 1 aliphatic heterocycles. The lowest BCUT2D eigenvalue weighted by Gasteiger charge is -2.18. The van der Waals surface area contributed by atoms with Crippen molar-refractivity contribution in [3.05, 3.63) is 51.4 Å². The molecule has 2 aromatic rings. The minimum Gasteiger partial charge on any atom is -0.497 e. The Morgan fingerprint density at radius 1 is 1.36 bits per heavy atom. The fraction of sp³-hybridized carbons (Fsp3) is 0.476. The van der Waals surface area contributed by atoms with Crippen LogP contribution < -0.4 is 15.6 Å². The molecule has 2 heterocycles. The monoisotopic (exact) mass is 399 g/mol. The summed E-state index contributed by atoms with van der Waals surface area (Å²) in [4.78, 5) is 30.1. The van der Waals surface area contributed by atoms with Crippen molar-refractivity contribution in [2.24, 2.45) is 0 Å². The summed E-state index contributed by atoms with van der Waals surface area (Å²) in [6.07, 6.45) is 4.92. The Hall–Kier alpha value is -2.28. The molecule has 1 amide bonds. The molecule has 6 nitrogen and oxygen atoms in total. The summed E-state index contributed by atoms with van der Waals surface area (Å²) in [5.74, 6) is 1.53. The maximum Gasteiger partial charge on any atom is 0.257 e. The molecule has 2 aliphatic rings. The molecule has 0 unspecified atom stereocenters. The van der Waals surface area contributed by atoms with Gasteiger partial charge in [0.15, 0.2) is 5.16 Å². The number of rotatable bonds is 6. The molecule has 1 aromatic carbocycles. The number of methoxy groups -OCH3 is 1. The zero-order chi connectivity index (χ0) is 19.5. The average molecular weight is 400 g/mol. The lowest BCUT2D eigenvalue weighted by Crippen LogP contribution is -2.34. The van der Waals surface area contributed by atoms with Gasteiger partial charge in [-0.2, -0.15) is 0 Å². The Morgan fingerprint density at radius 3 is 3.07 bits per heavy atom. The number of benzene rings is 1. The van der Waals surface area contributed by atoms with Gasteiger partial charge in [-0.15, -0.1) is 0 Å². The number of hydrogen-bond donors (Lipinski definition) is 1. The van der Waals surface area contributed by atoms with Crippen LogP contribution in [0.5, 0.6) is 5.75 Å². The number of thioether (sulfide) groups is 1. The minimum atomic E-state index is -0.107. The Balaban J connectivity index is 1.37. The van der Waals surface area contributed by atoms with Crippen LogP contribution in [0.3, 0.4) is 0 Å². The van der Waals surface area contributed by atoms with Gasteiger partial charge in [-0.05, 0) is 49.8 Å². The molecular weight excluding hydrogens is 374 g/mol. The molecule has 0 saturated heterocycles. The maximum absolute atomic E-state index is 12.9. The highest BCUT2D eigenvalue weighted by molar-refractivity contribution is 7.99. The van der Waals surface area contributed by atoms with Crippen molar-refractivity contribution >= 4 is 17.7 Å². The summed E-state index contributed by atoms with van der Waals surface area (Å²) in [6, 6.07) is 7.74. The molecule has 148 valence electrons. The van der Waals surface area contributed by atoms with Gasteiger partial charge in [0.2, 0.25) is 5.91 Å². The molecule has 1 N–H and O–H groups in total. The summed E-state index contributed by atoms with van der Waals surface area (Å²) in [5.41, 5.74) is 3.02. The van der Waals surface area contributed by atoms with Crippen molar-refractivity contribution in [2.75, 3.05) is 19.4 Å². The van der Waals surface area contributed by atoms with Gasteiger partial charge in [-0.25, -0.2) is 4.98 Å². The van der Waals surface area contributed by atoms with E-state index in [-0.39, 0.29) is 17.5 Å². The first-order valence-electron chi connectivity index (χ1n) is 9.82. The highest BCUT2D eigenvalue weighted by atomic mass is 32.2. The normalized spacial score (nSPS) is 17.7. The van der Waals surface area contributed by atoms with E-state index < -0.39 is 0 Å². The van der Waals surface area contributed by atoms with Gasteiger partial charge >= 0.3 is 0 Å². The van der Waals surface area contributed by atoms with Gasteiger partial charge < -0.3 is 10.1 Å². The quantitative estimate of drug-likeness (QED) is 0.756. The van der Waals surface area contributed by atoms with E-state index in [2.05, 4.69) is 5.32 Å². The summed E-state index contributed by atoms with van der Waals surface area (Å²) < 4.78 is 6.99. The van der Waals surface area contributed by atoms with Crippen molar-refractivity contribution in [3.63, 3.8) is 0 Å². The molecule has 4 rings (SSSR count). The second kappa shape index (κ2) is 8.39. The van der Waals surface area contributed by atoms with Gasteiger partial charge in [0.05, 0.1) is 18.8 Å². The molecule has 1 aliphatic carbocycles. The van der Waals surface area contributed by atoms with Crippen molar-refractivity contribution < 1.29 is 9.53 Å². The second-order valence-electron chi connectivity index (χ2n) is 7.32. The molecule has 0 saturated carbocycles. The Bertz CT molecular complexity index is 941. The number of carbonyl (C=O) groups is 1. The number of aryl methyl sites for hydroxylation is 1. The van der Waals surface area contributed by atoms with Crippen LogP contribution in [0.4, 0.5) is 0 Å². The van der Waals surface area contributed by atoms with Crippen molar-refractivity contribution in [2.45, 2.75) is 49.7 Å². The number of hydrogen-bond acceptors (Lipinski definition) is 5. The number of amides is 1. The van der Waals surface area contributed by atoms with Gasteiger partial charge in [-0.1, -0.05) is 23.9 Å². The first-order valence-corrected chi connectivity index (χ1v) is 10.8. The Labute approximate surface area is 168 Å². The van der Waals surface area contributed by atoms with Crippen LogP contribution >= 0.6 is 11.8 Å². The molecule has 0 radical (unpaired) electrons. The summed E-state index contributed by atoms with van der Waals surface area (Å²) >= 11 is 1.59. The third-order valence-electron chi connectivity index (χ3n) is 5.41. The van der Waals surface area contributed by atoms with Crippen LogP contribution in [0.2, 0.25) is 0 Å². The smallest absolute Gasteiger partial charge is 0.257 e. The van der Waals surface area contributed by atoms with Gasteiger partial charge in [-0.3, -0.25) is 14.2 Å².